The molecule has 5 nitrogen and oxygen atoms in total. The van der Waals surface area contributed by atoms with E-state index in [1.165, 1.54) is 11.8 Å². The van der Waals surface area contributed by atoms with Gasteiger partial charge in [-0.1, -0.05) is 0 Å². The third kappa shape index (κ3) is 3.29. The van der Waals surface area contributed by atoms with Crippen LogP contribution in [-0.4, -0.2) is 48.9 Å². The molecule has 0 bridgehead atoms. The lowest BCUT2D eigenvalue weighted by Crippen LogP contribution is -2.50. The van der Waals surface area contributed by atoms with Crippen molar-refractivity contribution < 1.29 is 22.0 Å². The highest BCUT2D eigenvalue weighted by Gasteiger charge is 2.35. The highest BCUT2D eigenvalue weighted by Crippen LogP contribution is 2.25. The first-order chi connectivity index (χ1) is 9.71. The summed E-state index contributed by atoms with van der Waals surface area (Å²) in [4.78, 5) is 13.6. The topological polar surface area (TPSA) is 80.5 Å². The maximum atomic E-state index is 13.3. The lowest BCUT2D eigenvalue weighted by atomic mass is 10.1. The smallest absolute Gasteiger partial charge is 0.257 e. The first kappa shape index (κ1) is 16.0. The fourth-order valence-corrected chi connectivity index (χ4v) is 4.89. The van der Waals surface area contributed by atoms with Crippen molar-refractivity contribution in [1.29, 1.82) is 0 Å². The number of hydrogen-bond acceptors (Lipinski definition) is 5. The van der Waals surface area contributed by atoms with Gasteiger partial charge in [-0.05, 0) is 6.07 Å². The molecule has 2 rings (SSSR count). The van der Waals surface area contributed by atoms with Crippen LogP contribution in [0.4, 0.5) is 14.5 Å². The third-order valence-electron chi connectivity index (χ3n) is 3.16. The number of sulfone groups is 1. The molecule has 0 spiro atoms. The molecule has 0 radical (unpaired) electrons. The van der Waals surface area contributed by atoms with Gasteiger partial charge < -0.3 is 10.6 Å². The normalized spacial score (nSPS) is 19.6. The van der Waals surface area contributed by atoms with Crippen molar-refractivity contribution in [3.05, 3.63) is 29.3 Å². The third-order valence-corrected chi connectivity index (χ3v) is 5.81. The van der Waals surface area contributed by atoms with E-state index in [-0.39, 0.29) is 23.5 Å². The average Bonchev–Trinajstić information content (AvgIpc) is 2.41. The maximum absolute atomic E-state index is 13.3. The second-order valence-electron chi connectivity index (χ2n) is 4.71. The Morgan fingerprint density at radius 3 is 2.62 bits per heavy atom. The Morgan fingerprint density at radius 2 is 2.00 bits per heavy atom. The fraction of sp³-hybridized carbons (Fsp3) is 0.417. The van der Waals surface area contributed by atoms with Gasteiger partial charge in [-0.25, -0.2) is 17.2 Å². The molecule has 0 saturated carbocycles. The number of hydrogen-bond donors (Lipinski definition) is 1. The van der Waals surface area contributed by atoms with Gasteiger partial charge in [0.15, 0.2) is 21.5 Å². The summed E-state index contributed by atoms with van der Waals surface area (Å²) in [6.45, 7) is 0.208. The van der Waals surface area contributed by atoms with Crippen LogP contribution in [0.5, 0.6) is 0 Å². The predicted molar refractivity (Wildman–Crippen MR) is 77.8 cm³/mol. The van der Waals surface area contributed by atoms with E-state index in [2.05, 4.69) is 0 Å². The Morgan fingerprint density at radius 1 is 1.38 bits per heavy atom. The average molecular weight is 336 g/mol. The molecule has 116 valence electrons. The van der Waals surface area contributed by atoms with Crippen LogP contribution in [0.25, 0.3) is 0 Å². The van der Waals surface area contributed by atoms with Gasteiger partial charge in [0.05, 0.1) is 5.56 Å². The van der Waals surface area contributed by atoms with Crippen LogP contribution in [0.15, 0.2) is 12.1 Å². The van der Waals surface area contributed by atoms with E-state index >= 15 is 0 Å². The van der Waals surface area contributed by atoms with Crippen LogP contribution < -0.4 is 5.73 Å². The molecule has 9 heteroatoms. The van der Waals surface area contributed by atoms with Gasteiger partial charge in [-0.15, -0.1) is 0 Å². The number of benzene rings is 1. The number of nitrogen functional groups attached to an aromatic ring is 1. The van der Waals surface area contributed by atoms with Crippen LogP contribution in [0.1, 0.15) is 10.4 Å². The van der Waals surface area contributed by atoms with E-state index in [0.717, 1.165) is 17.2 Å². The zero-order valence-electron chi connectivity index (χ0n) is 11.2. The van der Waals surface area contributed by atoms with Gasteiger partial charge in [0.2, 0.25) is 0 Å². The summed E-state index contributed by atoms with van der Waals surface area (Å²) in [5.41, 5.74) is 5.10. The summed E-state index contributed by atoms with van der Waals surface area (Å²) in [6, 6.07) is 1.42. The molecule has 0 aromatic heterocycles. The molecular formula is C12H14F2N2O3S2. The van der Waals surface area contributed by atoms with Crippen molar-refractivity contribution in [3.63, 3.8) is 0 Å². The van der Waals surface area contributed by atoms with Crippen molar-refractivity contribution in [2.45, 2.75) is 5.37 Å². The Balaban J connectivity index is 2.40. The molecule has 1 saturated heterocycles. The Bertz CT molecular complexity index is 679. The van der Waals surface area contributed by atoms with E-state index in [4.69, 9.17) is 5.73 Å². The second kappa shape index (κ2) is 5.80. The molecule has 1 amide bonds. The molecule has 1 atom stereocenters. The highest BCUT2D eigenvalue weighted by atomic mass is 32.2. The molecule has 1 aromatic rings. The summed E-state index contributed by atoms with van der Waals surface area (Å²) in [6.07, 6.45) is 1.04. The summed E-state index contributed by atoms with van der Waals surface area (Å²) in [7, 11) is -3.48. The number of halogens is 2. The molecule has 1 heterocycles. The number of nitrogens with two attached hydrogens (primary N) is 1. The first-order valence-corrected chi connectivity index (χ1v) is 9.15. The Kier molecular flexibility index (Phi) is 4.43. The quantitative estimate of drug-likeness (QED) is 0.818. The minimum Gasteiger partial charge on any atom is -0.398 e. The van der Waals surface area contributed by atoms with E-state index in [0.29, 0.717) is 11.8 Å². The van der Waals surface area contributed by atoms with E-state index < -0.39 is 32.8 Å². The van der Waals surface area contributed by atoms with Gasteiger partial charge in [-0.2, -0.15) is 11.8 Å². The van der Waals surface area contributed by atoms with Crippen LogP contribution >= 0.6 is 11.8 Å². The SMILES string of the molecule is CS(=O)(=O)C1CSCCN1C(=O)c1cc(F)c(F)cc1N. The molecule has 1 aliphatic rings. The maximum Gasteiger partial charge on any atom is 0.257 e. The molecule has 1 aliphatic heterocycles. The van der Waals surface area contributed by atoms with Gasteiger partial charge >= 0.3 is 0 Å². The van der Waals surface area contributed by atoms with E-state index in [9.17, 15) is 22.0 Å². The summed E-state index contributed by atoms with van der Waals surface area (Å²) in [5.74, 6) is -2.25. The number of carbonyl (C=O) groups excluding carboxylic acids is 1. The Labute approximate surface area is 125 Å². The van der Waals surface area contributed by atoms with Crippen LogP contribution in [0.2, 0.25) is 0 Å². The summed E-state index contributed by atoms with van der Waals surface area (Å²) in [5, 5.41) is -0.990. The zero-order chi connectivity index (χ0) is 15.8. The van der Waals surface area contributed by atoms with Crippen molar-refractivity contribution in [1.82, 2.24) is 4.90 Å². The standard InChI is InChI=1S/C12H14F2N2O3S2/c1-21(18,19)11-6-20-3-2-16(11)12(17)7-4-8(13)9(14)5-10(7)15/h4-5,11H,2-3,6,15H2,1H3. The van der Waals surface area contributed by atoms with Gasteiger partial charge in [-0.3, -0.25) is 4.79 Å². The highest BCUT2D eigenvalue weighted by molar-refractivity contribution is 8.00. The fourth-order valence-electron chi connectivity index (χ4n) is 2.07. The predicted octanol–water partition coefficient (Wildman–Crippen LogP) is 1.11. The molecule has 1 aromatic carbocycles. The van der Waals surface area contributed by atoms with E-state index in [1.807, 2.05) is 0 Å². The number of carbonyl (C=O) groups is 1. The van der Waals surface area contributed by atoms with Crippen molar-refractivity contribution in [2.75, 3.05) is 30.0 Å². The number of thioether (sulfide) groups is 1. The van der Waals surface area contributed by atoms with Gasteiger partial charge in [0.25, 0.3) is 5.91 Å². The summed E-state index contributed by atoms with van der Waals surface area (Å²) >= 11 is 1.42. The summed E-state index contributed by atoms with van der Waals surface area (Å²) < 4.78 is 49.9. The minimum absolute atomic E-state index is 0.208. The van der Waals surface area contributed by atoms with Crippen LogP contribution in [-0.2, 0) is 9.84 Å². The molecular weight excluding hydrogens is 322 g/mol. The van der Waals surface area contributed by atoms with Gasteiger partial charge in [0.1, 0.15) is 5.37 Å². The minimum atomic E-state index is -3.48. The Hall–Kier alpha value is -1.35. The number of rotatable bonds is 2. The molecule has 1 fully saturated rings. The van der Waals surface area contributed by atoms with Crippen LogP contribution in [0, 0.1) is 11.6 Å². The van der Waals surface area contributed by atoms with Crippen molar-refractivity contribution in [2.24, 2.45) is 0 Å². The number of nitrogens with zero attached hydrogens (tertiary/aromatic N) is 1. The van der Waals surface area contributed by atoms with Crippen LogP contribution in [0.3, 0.4) is 0 Å². The lowest BCUT2D eigenvalue weighted by molar-refractivity contribution is 0.0750. The largest absolute Gasteiger partial charge is 0.398 e. The molecule has 1 unspecified atom stereocenters. The second-order valence-corrected chi connectivity index (χ2v) is 8.06. The molecule has 21 heavy (non-hydrogen) atoms. The monoisotopic (exact) mass is 336 g/mol. The molecule has 0 aliphatic carbocycles. The first-order valence-electron chi connectivity index (χ1n) is 6.04. The van der Waals surface area contributed by atoms with E-state index in [1.54, 1.807) is 0 Å². The number of anilines is 1. The zero-order valence-corrected chi connectivity index (χ0v) is 12.8. The lowest BCUT2D eigenvalue weighted by Gasteiger charge is -2.34. The van der Waals surface area contributed by atoms with Gasteiger partial charge in [0, 0.05) is 36.1 Å². The number of amides is 1. The van der Waals surface area contributed by atoms with Crippen molar-refractivity contribution >= 4 is 33.2 Å². The molecule has 2 N–H and O–H groups in total. The van der Waals surface area contributed by atoms with Crippen molar-refractivity contribution in [3.8, 4) is 0 Å².